The smallest absolute Gasteiger partial charge is 0.189 e. The topological polar surface area (TPSA) is 78.0 Å². The second kappa shape index (κ2) is 5.99. The Hall–Kier alpha value is -1.66. The van der Waals surface area contributed by atoms with Gasteiger partial charge in [0.2, 0.25) is 0 Å². The number of piperazine rings is 1. The molecule has 2 heterocycles. The van der Waals surface area contributed by atoms with Gasteiger partial charge >= 0.3 is 0 Å². The maximum atomic E-state index is 8.80. The molecule has 0 aliphatic carbocycles. The second-order valence-corrected chi connectivity index (χ2v) is 5.06. The van der Waals surface area contributed by atoms with E-state index in [1.54, 1.807) is 6.20 Å². The average molecular weight is 263 g/mol. The van der Waals surface area contributed by atoms with E-state index < -0.39 is 0 Å². The number of nitrogens with zero attached hydrogens (tertiary/aromatic N) is 4. The Balaban J connectivity index is 2.11. The fourth-order valence-electron chi connectivity index (χ4n) is 2.35. The molecule has 1 aliphatic rings. The Kier molecular flexibility index (Phi) is 4.34. The molecule has 1 aromatic rings. The quantitative estimate of drug-likeness (QED) is 0.355. The minimum Gasteiger partial charge on any atom is -0.409 e. The van der Waals surface area contributed by atoms with Crippen molar-refractivity contribution in [2.45, 2.75) is 19.5 Å². The van der Waals surface area contributed by atoms with Crippen molar-refractivity contribution < 1.29 is 5.21 Å². The van der Waals surface area contributed by atoms with E-state index >= 15 is 0 Å². The summed E-state index contributed by atoms with van der Waals surface area (Å²) in [7, 11) is 2.15. The number of aromatic nitrogens is 1. The number of hydrogen-bond donors (Lipinski definition) is 2. The van der Waals surface area contributed by atoms with Gasteiger partial charge in [0.15, 0.2) is 5.84 Å². The standard InChI is InChI=1S/C13H21N5O/c1-10-8-18(7-6-17(10)2)9-11-4-3-5-15-12(11)13(14)16-19/h3-5,10,19H,6-9H2,1-2H3,(H2,14,16). The molecule has 0 spiro atoms. The highest BCUT2D eigenvalue weighted by molar-refractivity contribution is 5.96. The fourth-order valence-corrected chi connectivity index (χ4v) is 2.35. The zero-order valence-corrected chi connectivity index (χ0v) is 11.5. The molecule has 2 rings (SSSR count). The normalized spacial score (nSPS) is 22.6. The van der Waals surface area contributed by atoms with Crippen molar-refractivity contribution in [2.24, 2.45) is 10.9 Å². The van der Waals surface area contributed by atoms with Crippen LogP contribution in [-0.2, 0) is 6.54 Å². The van der Waals surface area contributed by atoms with Crippen molar-refractivity contribution in [3.05, 3.63) is 29.6 Å². The Morgan fingerprint density at radius 1 is 1.58 bits per heavy atom. The zero-order chi connectivity index (χ0) is 13.8. The molecule has 1 atom stereocenters. The lowest BCUT2D eigenvalue weighted by Gasteiger charge is -2.37. The molecule has 0 radical (unpaired) electrons. The summed E-state index contributed by atoms with van der Waals surface area (Å²) in [6, 6.07) is 4.39. The Morgan fingerprint density at radius 2 is 2.37 bits per heavy atom. The highest BCUT2D eigenvalue weighted by Gasteiger charge is 2.21. The van der Waals surface area contributed by atoms with E-state index in [-0.39, 0.29) is 5.84 Å². The van der Waals surface area contributed by atoms with Crippen LogP contribution in [0, 0.1) is 0 Å². The molecule has 0 amide bonds. The van der Waals surface area contributed by atoms with Crippen LogP contribution >= 0.6 is 0 Å². The number of pyridine rings is 1. The largest absolute Gasteiger partial charge is 0.409 e. The van der Waals surface area contributed by atoms with Gasteiger partial charge in [0.25, 0.3) is 0 Å². The fraction of sp³-hybridized carbons (Fsp3) is 0.538. The lowest BCUT2D eigenvalue weighted by molar-refractivity contribution is 0.0999. The van der Waals surface area contributed by atoms with Gasteiger partial charge < -0.3 is 15.8 Å². The molecule has 3 N–H and O–H groups in total. The van der Waals surface area contributed by atoms with Crippen molar-refractivity contribution >= 4 is 5.84 Å². The lowest BCUT2D eigenvalue weighted by Crippen LogP contribution is -2.49. The molecule has 0 bridgehead atoms. The summed E-state index contributed by atoms with van der Waals surface area (Å²) in [6.45, 7) is 6.09. The maximum absolute atomic E-state index is 8.80. The number of rotatable bonds is 3. The highest BCUT2D eigenvalue weighted by atomic mass is 16.4. The van der Waals surface area contributed by atoms with Gasteiger partial charge in [-0.25, -0.2) is 0 Å². The predicted octanol–water partition coefficient (Wildman–Crippen LogP) is 0.312. The van der Waals surface area contributed by atoms with Crippen molar-refractivity contribution in [3.8, 4) is 0 Å². The van der Waals surface area contributed by atoms with Gasteiger partial charge in [-0.05, 0) is 25.6 Å². The molecule has 104 valence electrons. The Labute approximate surface area is 113 Å². The third kappa shape index (κ3) is 3.21. The van der Waals surface area contributed by atoms with Crippen LogP contribution in [0.5, 0.6) is 0 Å². The lowest BCUT2D eigenvalue weighted by atomic mass is 10.1. The molecule has 1 unspecified atom stereocenters. The number of amidine groups is 1. The van der Waals surface area contributed by atoms with Crippen LogP contribution in [-0.4, -0.2) is 58.6 Å². The first-order valence-corrected chi connectivity index (χ1v) is 6.46. The zero-order valence-electron chi connectivity index (χ0n) is 11.5. The van der Waals surface area contributed by atoms with Gasteiger partial charge in [-0.2, -0.15) is 0 Å². The molecule has 1 saturated heterocycles. The van der Waals surface area contributed by atoms with Crippen molar-refractivity contribution in [1.29, 1.82) is 0 Å². The van der Waals surface area contributed by atoms with Gasteiger partial charge in [0.05, 0.1) is 0 Å². The molecular weight excluding hydrogens is 242 g/mol. The monoisotopic (exact) mass is 263 g/mol. The van der Waals surface area contributed by atoms with Crippen LogP contribution in [0.15, 0.2) is 23.5 Å². The van der Waals surface area contributed by atoms with Gasteiger partial charge in [-0.1, -0.05) is 11.2 Å². The number of nitrogens with two attached hydrogens (primary N) is 1. The van der Waals surface area contributed by atoms with Crippen LogP contribution in [0.25, 0.3) is 0 Å². The summed E-state index contributed by atoms with van der Waals surface area (Å²) in [5.41, 5.74) is 7.22. The summed E-state index contributed by atoms with van der Waals surface area (Å²) in [6.07, 6.45) is 1.66. The molecule has 6 nitrogen and oxygen atoms in total. The van der Waals surface area contributed by atoms with Crippen molar-refractivity contribution in [2.75, 3.05) is 26.7 Å². The first-order valence-electron chi connectivity index (χ1n) is 6.46. The minimum atomic E-state index is 0.0674. The summed E-state index contributed by atoms with van der Waals surface area (Å²) >= 11 is 0. The van der Waals surface area contributed by atoms with Crippen LogP contribution in [0.2, 0.25) is 0 Å². The molecule has 19 heavy (non-hydrogen) atoms. The number of likely N-dealkylation sites (N-methyl/N-ethyl adjacent to an activating group) is 1. The molecule has 1 fully saturated rings. The third-order valence-corrected chi connectivity index (χ3v) is 3.68. The average Bonchev–Trinajstić information content (AvgIpc) is 2.43. The van der Waals surface area contributed by atoms with Crippen LogP contribution in [0.3, 0.4) is 0 Å². The molecule has 0 aromatic carbocycles. The SMILES string of the molecule is CC1CN(Cc2cccnc2C(N)=NO)CCN1C. The highest BCUT2D eigenvalue weighted by Crippen LogP contribution is 2.13. The van der Waals surface area contributed by atoms with Crippen LogP contribution in [0.1, 0.15) is 18.2 Å². The first-order chi connectivity index (χ1) is 9.11. The molecule has 1 aliphatic heterocycles. The van der Waals surface area contributed by atoms with Crippen molar-refractivity contribution in [1.82, 2.24) is 14.8 Å². The van der Waals surface area contributed by atoms with E-state index in [9.17, 15) is 0 Å². The molecular formula is C13H21N5O. The first kappa shape index (κ1) is 13.8. The van der Waals surface area contributed by atoms with Crippen LogP contribution in [0.4, 0.5) is 0 Å². The van der Waals surface area contributed by atoms with Gasteiger partial charge in [-0.3, -0.25) is 9.88 Å². The van der Waals surface area contributed by atoms with Crippen molar-refractivity contribution in [3.63, 3.8) is 0 Å². The van der Waals surface area contributed by atoms with E-state index in [4.69, 9.17) is 10.9 Å². The minimum absolute atomic E-state index is 0.0674. The number of oxime groups is 1. The van der Waals surface area contributed by atoms with Gasteiger partial charge in [0.1, 0.15) is 5.69 Å². The Bertz CT molecular complexity index is 462. The molecule has 0 saturated carbocycles. The summed E-state index contributed by atoms with van der Waals surface area (Å²) in [5, 5.41) is 11.8. The summed E-state index contributed by atoms with van der Waals surface area (Å²) < 4.78 is 0. The molecule has 1 aromatic heterocycles. The van der Waals surface area contributed by atoms with E-state index in [1.165, 1.54) is 0 Å². The second-order valence-electron chi connectivity index (χ2n) is 5.06. The Morgan fingerprint density at radius 3 is 3.05 bits per heavy atom. The predicted molar refractivity (Wildman–Crippen MR) is 74.1 cm³/mol. The molecule has 6 heteroatoms. The van der Waals surface area contributed by atoms with E-state index in [1.807, 2.05) is 12.1 Å². The maximum Gasteiger partial charge on any atom is 0.189 e. The van der Waals surface area contributed by atoms with E-state index in [0.717, 1.165) is 31.7 Å². The number of hydrogen-bond acceptors (Lipinski definition) is 5. The summed E-state index contributed by atoms with van der Waals surface area (Å²) in [4.78, 5) is 8.92. The van der Waals surface area contributed by atoms with Gasteiger partial charge in [0, 0.05) is 38.4 Å². The van der Waals surface area contributed by atoms with E-state index in [0.29, 0.717) is 11.7 Å². The van der Waals surface area contributed by atoms with Gasteiger partial charge in [-0.15, -0.1) is 0 Å². The third-order valence-electron chi connectivity index (χ3n) is 3.68. The van der Waals surface area contributed by atoms with Crippen LogP contribution < -0.4 is 5.73 Å². The van der Waals surface area contributed by atoms with E-state index in [2.05, 4.69) is 33.9 Å². The summed E-state index contributed by atoms with van der Waals surface area (Å²) in [5.74, 6) is 0.0674.